The molecule has 2 aromatic rings. The van der Waals surface area contributed by atoms with Gasteiger partial charge in [-0.2, -0.15) is 0 Å². The van der Waals surface area contributed by atoms with Crippen LogP contribution in [0.2, 0.25) is 18.1 Å². The molecule has 0 N–H and O–H groups in total. The Morgan fingerprint density at radius 3 is 2.42 bits per heavy atom. The molecule has 0 aromatic heterocycles. The minimum atomic E-state index is -1.93. The first-order chi connectivity index (χ1) is 11.1. The number of hydrogen-bond acceptors (Lipinski definition) is 3. The van der Waals surface area contributed by atoms with Crippen LogP contribution in [-0.4, -0.2) is 20.9 Å². The molecule has 0 saturated carbocycles. The van der Waals surface area contributed by atoms with Gasteiger partial charge in [0, 0.05) is 0 Å². The summed E-state index contributed by atoms with van der Waals surface area (Å²) in [7, 11) is -1.93. The molecule has 2 aromatic carbocycles. The van der Waals surface area contributed by atoms with Crippen LogP contribution < -0.4 is 4.43 Å². The minimum Gasteiger partial charge on any atom is -0.543 e. The van der Waals surface area contributed by atoms with Crippen LogP contribution in [0.15, 0.2) is 36.4 Å². The minimum absolute atomic E-state index is 0.125. The van der Waals surface area contributed by atoms with Crippen molar-refractivity contribution in [1.82, 2.24) is 0 Å². The number of hydrogen-bond donors (Lipinski definition) is 0. The maximum atomic E-state index is 12.0. The van der Waals surface area contributed by atoms with Gasteiger partial charge >= 0.3 is 5.97 Å². The Balaban J connectivity index is 2.43. The van der Waals surface area contributed by atoms with Gasteiger partial charge in [0.1, 0.15) is 5.75 Å². The molecular formula is C20H28O3Si. The van der Waals surface area contributed by atoms with Gasteiger partial charge in [-0.1, -0.05) is 45.0 Å². The summed E-state index contributed by atoms with van der Waals surface area (Å²) >= 11 is 0. The SMILES string of the molecule is CCOC(=O)Cc1cc(O[Si](C)(C)C(C)(C)C)cc2ccccc12. The quantitative estimate of drug-likeness (QED) is 0.543. The van der Waals surface area contributed by atoms with E-state index in [0.717, 1.165) is 22.1 Å². The number of benzene rings is 2. The van der Waals surface area contributed by atoms with E-state index in [4.69, 9.17) is 9.16 Å². The first-order valence-electron chi connectivity index (χ1n) is 8.50. The molecule has 0 spiro atoms. The molecule has 0 aliphatic heterocycles. The second kappa shape index (κ2) is 6.97. The van der Waals surface area contributed by atoms with Crippen molar-refractivity contribution in [2.75, 3.05) is 6.61 Å². The number of carbonyl (C=O) groups is 1. The summed E-state index contributed by atoms with van der Waals surface area (Å²) in [5, 5.41) is 2.29. The maximum Gasteiger partial charge on any atom is 0.310 e. The van der Waals surface area contributed by atoms with Crippen molar-refractivity contribution >= 4 is 25.1 Å². The molecule has 0 aliphatic carbocycles. The van der Waals surface area contributed by atoms with Gasteiger partial charge in [-0.3, -0.25) is 4.79 Å². The number of carbonyl (C=O) groups excluding carboxylic acids is 1. The Labute approximate surface area is 146 Å². The van der Waals surface area contributed by atoms with E-state index in [0.29, 0.717) is 6.61 Å². The number of esters is 1. The Kier molecular flexibility index (Phi) is 5.38. The lowest BCUT2D eigenvalue weighted by Gasteiger charge is -2.36. The van der Waals surface area contributed by atoms with Crippen LogP contribution >= 0.6 is 0 Å². The lowest BCUT2D eigenvalue weighted by Crippen LogP contribution is -2.43. The standard InChI is InChI=1S/C20H28O3Si/c1-7-22-19(21)14-16-13-17(23-24(5,6)20(2,3)4)12-15-10-8-9-11-18(15)16/h8-13H,7,14H2,1-6H3. The average Bonchev–Trinajstić information content (AvgIpc) is 2.45. The van der Waals surface area contributed by atoms with E-state index in [2.05, 4.69) is 46.0 Å². The molecule has 0 aliphatic rings. The Bertz CT molecular complexity index is 729. The third-order valence-electron chi connectivity index (χ3n) is 4.74. The van der Waals surface area contributed by atoms with Crippen LogP contribution in [0.4, 0.5) is 0 Å². The molecule has 0 heterocycles. The Morgan fingerprint density at radius 1 is 1.12 bits per heavy atom. The second-order valence-corrected chi connectivity index (χ2v) is 12.4. The summed E-state index contributed by atoms with van der Waals surface area (Å²) in [4.78, 5) is 12.0. The molecule has 0 amide bonds. The summed E-state index contributed by atoms with van der Waals surface area (Å²) in [6, 6.07) is 12.2. The molecule has 0 unspecified atom stereocenters. The van der Waals surface area contributed by atoms with Gasteiger partial charge in [-0.15, -0.1) is 0 Å². The van der Waals surface area contributed by atoms with Crippen molar-refractivity contribution < 1.29 is 14.0 Å². The van der Waals surface area contributed by atoms with Crippen molar-refractivity contribution in [3.63, 3.8) is 0 Å². The van der Waals surface area contributed by atoms with Crippen molar-refractivity contribution in [2.24, 2.45) is 0 Å². The van der Waals surface area contributed by atoms with Crippen molar-refractivity contribution in [3.8, 4) is 5.75 Å². The number of ether oxygens (including phenoxy) is 1. The van der Waals surface area contributed by atoms with Crippen LogP contribution in [0.1, 0.15) is 33.3 Å². The molecule has 3 nitrogen and oxygen atoms in total. The van der Waals surface area contributed by atoms with E-state index in [1.165, 1.54) is 0 Å². The Morgan fingerprint density at radius 2 is 1.79 bits per heavy atom. The zero-order valence-electron chi connectivity index (χ0n) is 15.6. The van der Waals surface area contributed by atoms with Gasteiger partial charge in [0.25, 0.3) is 0 Å². The predicted molar refractivity (Wildman–Crippen MR) is 102 cm³/mol. The third-order valence-corrected chi connectivity index (χ3v) is 9.10. The molecule has 4 heteroatoms. The van der Waals surface area contributed by atoms with Crippen molar-refractivity contribution in [2.45, 2.75) is 52.2 Å². The summed E-state index contributed by atoms with van der Waals surface area (Å²) in [6.45, 7) is 13.4. The lowest BCUT2D eigenvalue weighted by molar-refractivity contribution is -0.142. The van der Waals surface area contributed by atoms with Crippen molar-refractivity contribution in [3.05, 3.63) is 42.0 Å². The second-order valence-electron chi connectivity index (χ2n) is 7.65. The first-order valence-corrected chi connectivity index (χ1v) is 11.4. The summed E-state index contributed by atoms with van der Waals surface area (Å²) in [5.74, 6) is 0.645. The van der Waals surface area contributed by atoms with E-state index in [9.17, 15) is 4.79 Å². The molecule has 0 fully saturated rings. The van der Waals surface area contributed by atoms with E-state index >= 15 is 0 Å². The number of fused-ring (bicyclic) bond motifs is 1. The molecule has 0 saturated heterocycles. The van der Waals surface area contributed by atoms with Crippen LogP contribution in [0.25, 0.3) is 10.8 Å². The van der Waals surface area contributed by atoms with Gasteiger partial charge in [-0.05, 0) is 53.5 Å². The fourth-order valence-corrected chi connectivity index (χ4v) is 3.39. The normalized spacial score (nSPS) is 12.2. The molecule has 130 valence electrons. The first kappa shape index (κ1) is 18.5. The van der Waals surface area contributed by atoms with Crippen molar-refractivity contribution in [1.29, 1.82) is 0 Å². The molecule has 2 rings (SSSR count). The average molecular weight is 345 g/mol. The summed E-state index contributed by atoms with van der Waals surface area (Å²) < 4.78 is 11.6. The maximum absolute atomic E-state index is 12.0. The molecule has 0 atom stereocenters. The van der Waals surface area contributed by atoms with Gasteiger partial charge in [0.2, 0.25) is 8.32 Å². The largest absolute Gasteiger partial charge is 0.543 e. The van der Waals surface area contributed by atoms with Crippen LogP contribution in [-0.2, 0) is 16.0 Å². The molecule has 24 heavy (non-hydrogen) atoms. The van der Waals surface area contributed by atoms with Gasteiger partial charge in [-0.25, -0.2) is 0 Å². The van der Waals surface area contributed by atoms with Crippen LogP contribution in [0.5, 0.6) is 5.75 Å². The molecular weight excluding hydrogens is 316 g/mol. The highest BCUT2D eigenvalue weighted by molar-refractivity contribution is 6.74. The monoisotopic (exact) mass is 344 g/mol. The van der Waals surface area contributed by atoms with Gasteiger partial charge < -0.3 is 9.16 Å². The highest BCUT2D eigenvalue weighted by atomic mass is 28.4. The summed E-state index contributed by atoms with van der Waals surface area (Å²) in [6.07, 6.45) is 0.267. The van der Waals surface area contributed by atoms with E-state index in [1.807, 2.05) is 31.2 Å². The fraction of sp³-hybridized carbons (Fsp3) is 0.450. The zero-order valence-corrected chi connectivity index (χ0v) is 16.6. The third kappa shape index (κ3) is 4.18. The Hall–Kier alpha value is -1.81. The highest BCUT2D eigenvalue weighted by Gasteiger charge is 2.39. The lowest BCUT2D eigenvalue weighted by atomic mass is 10.0. The highest BCUT2D eigenvalue weighted by Crippen LogP contribution is 2.38. The smallest absolute Gasteiger partial charge is 0.310 e. The molecule has 0 bridgehead atoms. The predicted octanol–water partition coefficient (Wildman–Crippen LogP) is 5.33. The zero-order chi connectivity index (χ0) is 18.0. The van der Waals surface area contributed by atoms with Gasteiger partial charge in [0.05, 0.1) is 13.0 Å². The fourth-order valence-electron chi connectivity index (χ4n) is 2.38. The van der Waals surface area contributed by atoms with E-state index in [-0.39, 0.29) is 17.4 Å². The van der Waals surface area contributed by atoms with Gasteiger partial charge in [0.15, 0.2) is 0 Å². The number of rotatable bonds is 5. The van der Waals surface area contributed by atoms with E-state index < -0.39 is 8.32 Å². The van der Waals surface area contributed by atoms with Crippen LogP contribution in [0.3, 0.4) is 0 Å². The molecule has 0 radical (unpaired) electrons. The topological polar surface area (TPSA) is 35.5 Å². The van der Waals surface area contributed by atoms with E-state index in [1.54, 1.807) is 0 Å². The summed E-state index contributed by atoms with van der Waals surface area (Å²) in [5.41, 5.74) is 0.959. The van der Waals surface area contributed by atoms with Crippen LogP contribution in [0, 0.1) is 0 Å².